The van der Waals surface area contributed by atoms with Gasteiger partial charge in [0.1, 0.15) is 5.82 Å². The second-order valence-electron chi connectivity index (χ2n) is 7.23. The number of morpholine rings is 1. The van der Waals surface area contributed by atoms with Crippen LogP contribution < -0.4 is 9.80 Å². The van der Waals surface area contributed by atoms with Crippen LogP contribution in [0.2, 0.25) is 0 Å². The number of likely N-dealkylation sites (tertiary alicyclic amines) is 1. The smallest absolute Gasteiger partial charge is 0.227 e. The van der Waals surface area contributed by atoms with Crippen LogP contribution in [-0.2, 0) is 11.3 Å². The minimum Gasteiger partial charge on any atom is -0.378 e. The number of benzene rings is 1. The van der Waals surface area contributed by atoms with Crippen molar-refractivity contribution < 1.29 is 4.74 Å². The van der Waals surface area contributed by atoms with Crippen LogP contribution in [0.3, 0.4) is 0 Å². The van der Waals surface area contributed by atoms with Crippen molar-refractivity contribution in [2.24, 2.45) is 0 Å². The van der Waals surface area contributed by atoms with E-state index in [-0.39, 0.29) is 0 Å². The van der Waals surface area contributed by atoms with Gasteiger partial charge in [-0.2, -0.15) is 4.98 Å². The average molecular weight is 432 g/mol. The predicted octanol–water partition coefficient (Wildman–Crippen LogP) is 2.79. The van der Waals surface area contributed by atoms with E-state index in [1.165, 1.54) is 5.56 Å². The number of likely N-dealkylation sites (N-methyl/N-ethyl adjacent to an activating group) is 1. The van der Waals surface area contributed by atoms with Crippen LogP contribution in [-0.4, -0.2) is 67.4 Å². The molecule has 1 unspecified atom stereocenters. The first-order valence-electron chi connectivity index (χ1n) is 9.54. The highest BCUT2D eigenvalue weighted by atomic mass is 79.9. The number of halogens is 1. The third-order valence-corrected chi connectivity index (χ3v) is 5.93. The van der Waals surface area contributed by atoms with Crippen molar-refractivity contribution in [3.8, 4) is 0 Å². The van der Waals surface area contributed by atoms with Gasteiger partial charge in [-0.1, -0.05) is 28.1 Å². The molecule has 2 aliphatic rings. The molecule has 0 amide bonds. The number of anilines is 2. The molecule has 0 saturated carbocycles. The van der Waals surface area contributed by atoms with Crippen molar-refractivity contribution in [1.29, 1.82) is 0 Å². The van der Waals surface area contributed by atoms with Gasteiger partial charge < -0.3 is 14.5 Å². The van der Waals surface area contributed by atoms with Gasteiger partial charge in [0.05, 0.1) is 13.2 Å². The molecule has 2 aliphatic heterocycles. The Hall–Kier alpha value is -1.70. The zero-order chi connectivity index (χ0) is 18.6. The Morgan fingerprint density at radius 1 is 1.15 bits per heavy atom. The monoisotopic (exact) mass is 431 g/mol. The summed E-state index contributed by atoms with van der Waals surface area (Å²) >= 11 is 3.50. The Labute approximate surface area is 169 Å². The van der Waals surface area contributed by atoms with Crippen molar-refractivity contribution in [2.75, 3.05) is 56.2 Å². The molecule has 1 aromatic carbocycles. The topological polar surface area (TPSA) is 44.7 Å². The lowest BCUT2D eigenvalue weighted by Gasteiger charge is -2.29. The molecule has 2 fully saturated rings. The first-order chi connectivity index (χ1) is 13.2. The van der Waals surface area contributed by atoms with Crippen LogP contribution in [0.15, 0.2) is 41.0 Å². The van der Waals surface area contributed by atoms with Crippen LogP contribution in [0, 0.1) is 0 Å². The number of ether oxygens (including phenoxy) is 1. The van der Waals surface area contributed by atoms with Gasteiger partial charge in [0.2, 0.25) is 5.95 Å². The summed E-state index contributed by atoms with van der Waals surface area (Å²) in [5, 5.41) is 0. The third kappa shape index (κ3) is 4.59. The Morgan fingerprint density at radius 2 is 1.93 bits per heavy atom. The van der Waals surface area contributed by atoms with Crippen molar-refractivity contribution in [3.63, 3.8) is 0 Å². The van der Waals surface area contributed by atoms with Gasteiger partial charge >= 0.3 is 0 Å². The molecule has 2 saturated heterocycles. The maximum atomic E-state index is 5.43. The van der Waals surface area contributed by atoms with Crippen molar-refractivity contribution in [1.82, 2.24) is 14.9 Å². The summed E-state index contributed by atoms with van der Waals surface area (Å²) in [7, 11) is 2.15. The highest BCUT2D eigenvalue weighted by Crippen LogP contribution is 2.23. The second-order valence-corrected chi connectivity index (χ2v) is 8.14. The summed E-state index contributed by atoms with van der Waals surface area (Å²) in [5.74, 6) is 1.81. The van der Waals surface area contributed by atoms with Crippen molar-refractivity contribution >= 4 is 27.7 Å². The molecule has 6 nitrogen and oxygen atoms in total. The fourth-order valence-corrected chi connectivity index (χ4v) is 4.02. The van der Waals surface area contributed by atoms with Crippen LogP contribution >= 0.6 is 15.9 Å². The Kier molecular flexibility index (Phi) is 5.90. The molecule has 2 aromatic rings. The molecular formula is C20H26BrN5O. The van der Waals surface area contributed by atoms with E-state index in [9.17, 15) is 0 Å². The second kappa shape index (κ2) is 8.54. The minimum absolute atomic E-state index is 0.480. The van der Waals surface area contributed by atoms with Gasteiger partial charge in [-0.15, -0.1) is 0 Å². The molecule has 27 heavy (non-hydrogen) atoms. The normalized spacial score (nSPS) is 20.8. The zero-order valence-electron chi connectivity index (χ0n) is 15.7. The van der Waals surface area contributed by atoms with Crippen molar-refractivity contribution in [2.45, 2.75) is 19.0 Å². The van der Waals surface area contributed by atoms with E-state index in [1.807, 2.05) is 12.3 Å². The predicted molar refractivity (Wildman–Crippen MR) is 111 cm³/mol. The number of aromatic nitrogens is 2. The van der Waals surface area contributed by atoms with Gasteiger partial charge in [-0.05, 0) is 30.2 Å². The number of hydrogen-bond donors (Lipinski definition) is 0. The number of nitrogens with zero attached hydrogens (tertiary/aromatic N) is 5. The Bertz CT molecular complexity index is 750. The standard InChI is InChI=1S/C20H26BrN5O/c1-24(19-6-8-22-20(23-19)26-10-12-27-13-11-26)18-7-9-25(15-18)14-16-2-4-17(21)5-3-16/h2-6,8,18H,7,9-15H2,1H3. The van der Waals surface area contributed by atoms with E-state index < -0.39 is 0 Å². The summed E-state index contributed by atoms with van der Waals surface area (Å²) in [4.78, 5) is 16.3. The van der Waals surface area contributed by atoms with Gasteiger partial charge in [0, 0.05) is 56.5 Å². The lowest BCUT2D eigenvalue weighted by molar-refractivity contribution is 0.122. The van der Waals surface area contributed by atoms with E-state index in [4.69, 9.17) is 9.72 Å². The fourth-order valence-electron chi connectivity index (χ4n) is 3.76. The maximum absolute atomic E-state index is 5.43. The van der Waals surface area contributed by atoms with Crippen molar-refractivity contribution in [3.05, 3.63) is 46.6 Å². The lowest BCUT2D eigenvalue weighted by atomic mass is 10.2. The molecule has 0 N–H and O–H groups in total. The van der Waals surface area contributed by atoms with Crippen LogP contribution in [0.5, 0.6) is 0 Å². The van der Waals surface area contributed by atoms with Gasteiger partial charge in [-0.25, -0.2) is 4.98 Å². The first-order valence-corrected chi connectivity index (χ1v) is 10.3. The number of rotatable bonds is 5. The summed E-state index contributed by atoms with van der Waals surface area (Å²) < 4.78 is 6.56. The van der Waals surface area contributed by atoms with Gasteiger partial charge in [-0.3, -0.25) is 4.90 Å². The molecule has 0 spiro atoms. The molecule has 4 rings (SSSR count). The highest BCUT2D eigenvalue weighted by molar-refractivity contribution is 9.10. The fraction of sp³-hybridized carbons (Fsp3) is 0.500. The van der Waals surface area contributed by atoms with Crippen LogP contribution in [0.4, 0.5) is 11.8 Å². The molecule has 1 atom stereocenters. The van der Waals surface area contributed by atoms with Gasteiger partial charge in [0.25, 0.3) is 0 Å². The van der Waals surface area contributed by atoms with E-state index in [2.05, 4.69) is 66.9 Å². The lowest BCUT2D eigenvalue weighted by Crippen LogP contribution is -2.38. The van der Waals surface area contributed by atoms with E-state index >= 15 is 0 Å². The Balaban J connectivity index is 1.38. The van der Waals surface area contributed by atoms with E-state index in [1.54, 1.807) is 0 Å². The zero-order valence-corrected chi connectivity index (χ0v) is 17.3. The maximum Gasteiger partial charge on any atom is 0.227 e. The average Bonchev–Trinajstić information content (AvgIpc) is 3.18. The number of hydrogen-bond acceptors (Lipinski definition) is 6. The molecule has 0 aliphatic carbocycles. The summed E-state index contributed by atoms with van der Waals surface area (Å²) in [6.07, 6.45) is 3.03. The highest BCUT2D eigenvalue weighted by Gasteiger charge is 2.27. The molecule has 3 heterocycles. The largest absolute Gasteiger partial charge is 0.378 e. The molecule has 7 heteroatoms. The molecule has 0 radical (unpaired) electrons. The van der Waals surface area contributed by atoms with E-state index in [0.29, 0.717) is 6.04 Å². The first kappa shape index (κ1) is 18.7. The van der Waals surface area contributed by atoms with Gasteiger partial charge in [0.15, 0.2) is 0 Å². The summed E-state index contributed by atoms with van der Waals surface area (Å²) in [5.41, 5.74) is 1.36. The molecule has 1 aromatic heterocycles. The summed E-state index contributed by atoms with van der Waals surface area (Å²) in [6, 6.07) is 11.1. The molecular weight excluding hydrogens is 406 g/mol. The van der Waals surface area contributed by atoms with E-state index in [0.717, 1.165) is 68.6 Å². The minimum atomic E-state index is 0.480. The Morgan fingerprint density at radius 3 is 2.70 bits per heavy atom. The third-order valence-electron chi connectivity index (χ3n) is 5.40. The SMILES string of the molecule is CN(c1ccnc(N2CCOCC2)n1)C1CCN(Cc2ccc(Br)cc2)C1. The molecule has 0 bridgehead atoms. The van der Waals surface area contributed by atoms with Crippen LogP contribution in [0.25, 0.3) is 0 Å². The summed E-state index contributed by atoms with van der Waals surface area (Å²) in [6.45, 7) is 6.39. The molecule has 144 valence electrons. The van der Waals surface area contributed by atoms with Crippen LogP contribution in [0.1, 0.15) is 12.0 Å². The quantitative estimate of drug-likeness (QED) is 0.724.